The lowest BCUT2D eigenvalue weighted by Gasteiger charge is -2.17. The van der Waals surface area contributed by atoms with Gasteiger partial charge in [0.15, 0.2) is 0 Å². The maximum Gasteiger partial charge on any atom is 0.262 e. The second-order valence-electron chi connectivity index (χ2n) is 4.76. The first-order valence-corrected chi connectivity index (χ1v) is 6.20. The highest BCUT2D eigenvalue weighted by atomic mass is 16.3. The van der Waals surface area contributed by atoms with Gasteiger partial charge in [-0.15, -0.1) is 0 Å². The third-order valence-corrected chi connectivity index (χ3v) is 3.40. The summed E-state index contributed by atoms with van der Waals surface area (Å²) in [5.74, 6) is 0.0566. The van der Waals surface area contributed by atoms with Crippen molar-refractivity contribution in [3.05, 3.63) is 34.3 Å². The van der Waals surface area contributed by atoms with Gasteiger partial charge in [0, 0.05) is 12.7 Å². The van der Waals surface area contributed by atoms with E-state index in [2.05, 4.69) is 20.3 Å². The van der Waals surface area contributed by atoms with Crippen molar-refractivity contribution in [3.8, 4) is 0 Å². The molecular formula is C12H15N5O3. The van der Waals surface area contributed by atoms with E-state index < -0.39 is 12.2 Å². The van der Waals surface area contributed by atoms with Crippen LogP contribution in [-0.4, -0.2) is 43.4 Å². The van der Waals surface area contributed by atoms with Gasteiger partial charge in [-0.25, -0.2) is 0 Å². The van der Waals surface area contributed by atoms with E-state index in [0.29, 0.717) is 17.6 Å². The van der Waals surface area contributed by atoms with E-state index in [1.165, 1.54) is 6.08 Å². The Balaban J connectivity index is 1.82. The molecule has 7 N–H and O–H groups in total. The summed E-state index contributed by atoms with van der Waals surface area (Å²) in [6.07, 6.45) is 3.16. The van der Waals surface area contributed by atoms with Crippen LogP contribution in [0.3, 0.4) is 0 Å². The first kappa shape index (κ1) is 12.9. The minimum Gasteiger partial charge on any atom is -0.388 e. The van der Waals surface area contributed by atoms with Gasteiger partial charge in [-0.05, 0) is 5.56 Å². The molecule has 0 spiro atoms. The van der Waals surface area contributed by atoms with Gasteiger partial charge in [0.25, 0.3) is 5.56 Å². The van der Waals surface area contributed by atoms with Gasteiger partial charge in [0.1, 0.15) is 11.8 Å². The van der Waals surface area contributed by atoms with Crippen molar-refractivity contribution in [2.45, 2.75) is 24.8 Å². The van der Waals surface area contributed by atoms with Crippen molar-refractivity contribution >= 4 is 17.0 Å². The van der Waals surface area contributed by atoms with Gasteiger partial charge in [-0.1, -0.05) is 12.2 Å². The lowest BCUT2D eigenvalue weighted by atomic mass is 10.1. The number of H-pyrrole nitrogens is 2. The zero-order valence-corrected chi connectivity index (χ0v) is 10.5. The maximum atomic E-state index is 11.9. The Morgan fingerprint density at radius 3 is 2.90 bits per heavy atom. The number of hydrogen-bond donors (Lipinski definition) is 6. The Labute approximate surface area is 113 Å². The Morgan fingerprint density at radius 2 is 2.20 bits per heavy atom. The van der Waals surface area contributed by atoms with Crippen molar-refractivity contribution in [2.75, 3.05) is 5.73 Å². The molecule has 3 rings (SSSR count). The predicted octanol–water partition coefficient (Wildman–Crippen LogP) is -1.42. The number of fused-ring (bicyclic) bond motifs is 1. The first-order chi connectivity index (χ1) is 9.56. The highest BCUT2D eigenvalue weighted by Gasteiger charge is 2.27. The molecule has 0 bridgehead atoms. The summed E-state index contributed by atoms with van der Waals surface area (Å²) in [5, 5.41) is 22.6. The van der Waals surface area contributed by atoms with E-state index in [0.717, 1.165) is 5.56 Å². The number of nitrogens with two attached hydrogens (primary N) is 1. The molecule has 0 amide bonds. The third kappa shape index (κ3) is 2.09. The molecule has 2 aromatic heterocycles. The molecule has 0 saturated heterocycles. The summed E-state index contributed by atoms with van der Waals surface area (Å²) in [6, 6.07) is -0.351. The molecule has 0 fully saturated rings. The Bertz CT molecular complexity index is 719. The van der Waals surface area contributed by atoms with E-state index in [1.54, 1.807) is 12.3 Å². The van der Waals surface area contributed by atoms with Crippen LogP contribution >= 0.6 is 0 Å². The molecular weight excluding hydrogens is 262 g/mol. The van der Waals surface area contributed by atoms with Gasteiger partial charge in [0.2, 0.25) is 5.95 Å². The number of rotatable bonds is 3. The summed E-state index contributed by atoms with van der Waals surface area (Å²) in [7, 11) is 0. The number of aliphatic hydroxyl groups excluding tert-OH is 2. The summed E-state index contributed by atoms with van der Waals surface area (Å²) >= 11 is 0. The largest absolute Gasteiger partial charge is 0.388 e. The summed E-state index contributed by atoms with van der Waals surface area (Å²) in [4.78, 5) is 21.2. The molecule has 2 heterocycles. The Hall–Kier alpha value is -2.16. The highest BCUT2D eigenvalue weighted by Crippen LogP contribution is 2.15. The summed E-state index contributed by atoms with van der Waals surface area (Å²) in [5.41, 5.74) is 6.30. The van der Waals surface area contributed by atoms with E-state index in [1.807, 2.05) is 0 Å². The number of nitrogens with zero attached hydrogens (tertiary/aromatic N) is 1. The number of hydrogen-bond acceptors (Lipinski definition) is 6. The van der Waals surface area contributed by atoms with Crippen LogP contribution in [0.25, 0.3) is 11.0 Å². The summed E-state index contributed by atoms with van der Waals surface area (Å²) in [6.45, 7) is 0.355. The second-order valence-corrected chi connectivity index (χ2v) is 4.76. The topological polar surface area (TPSA) is 140 Å². The standard InChI is InChI=1S/C12H15N5O3/c13-12-16-10-8(11(20)17-12)5(4-15-10)3-14-6-1-2-7(18)9(6)19/h1-2,4,6-7,9,14,18-19H,3H2,(H4,13,15,16,17,20)/t6?,7-,9+/m1/s1. The van der Waals surface area contributed by atoms with E-state index in [4.69, 9.17) is 5.73 Å². The lowest BCUT2D eigenvalue weighted by molar-refractivity contribution is 0.0441. The highest BCUT2D eigenvalue weighted by molar-refractivity contribution is 5.79. The molecule has 2 aromatic rings. The fraction of sp³-hybridized carbons (Fsp3) is 0.333. The van der Waals surface area contributed by atoms with E-state index in [9.17, 15) is 15.0 Å². The van der Waals surface area contributed by atoms with Crippen LogP contribution in [0.2, 0.25) is 0 Å². The van der Waals surface area contributed by atoms with Crippen molar-refractivity contribution in [1.29, 1.82) is 0 Å². The van der Waals surface area contributed by atoms with Crippen LogP contribution in [0.4, 0.5) is 5.95 Å². The van der Waals surface area contributed by atoms with E-state index in [-0.39, 0.29) is 17.5 Å². The van der Waals surface area contributed by atoms with Crippen LogP contribution in [-0.2, 0) is 6.54 Å². The van der Waals surface area contributed by atoms with Gasteiger partial charge >= 0.3 is 0 Å². The monoisotopic (exact) mass is 277 g/mol. The van der Waals surface area contributed by atoms with Crippen LogP contribution in [0.15, 0.2) is 23.1 Å². The average molecular weight is 277 g/mol. The maximum absolute atomic E-state index is 11.9. The molecule has 20 heavy (non-hydrogen) atoms. The molecule has 0 radical (unpaired) electrons. The van der Waals surface area contributed by atoms with Crippen molar-refractivity contribution in [1.82, 2.24) is 20.3 Å². The van der Waals surface area contributed by atoms with Crippen molar-refractivity contribution in [2.24, 2.45) is 0 Å². The molecule has 0 saturated carbocycles. The average Bonchev–Trinajstić information content (AvgIpc) is 2.93. The van der Waals surface area contributed by atoms with Crippen molar-refractivity contribution < 1.29 is 10.2 Å². The second kappa shape index (κ2) is 4.75. The molecule has 3 atom stereocenters. The van der Waals surface area contributed by atoms with Gasteiger partial charge in [0.05, 0.1) is 17.5 Å². The smallest absolute Gasteiger partial charge is 0.262 e. The molecule has 1 unspecified atom stereocenters. The minimum atomic E-state index is -0.882. The summed E-state index contributed by atoms with van der Waals surface area (Å²) < 4.78 is 0. The SMILES string of the molecule is Nc1nc2[nH]cc(CNC3C=C[C@@H](O)[C@H]3O)c2c(=O)[nH]1. The first-order valence-electron chi connectivity index (χ1n) is 6.20. The Kier molecular flexibility index (Phi) is 3.05. The molecule has 106 valence electrons. The number of aromatic nitrogens is 3. The molecule has 0 aromatic carbocycles. The van der Waals surface area contributed by atoms with Crippen LogP contribution in [0.1, 0.15) is 5.56 Å². The molecule has 8 nitrogen and oxygen atoms in total. The number of anilines is 1. The van der Waals surface area contributed by atoms with Gasteiger partial charge in [-0.2, -0.15) is 4.98 Å². The fourth-order valence-electron chi connectivity index (χ4n) is 2.35. The Morgan fingerprint density at radius 1 is 1.40 bits per heavy atom. The minimum absolute atomic E-state index is 0.0566. The predicted molar refractivity (Wildman–Crippen MR) is 72.9 cm³/mol. The van der Waals surface area contributed by atoms with Crippen LogP contribution in [0.5, 0.6) is 0 Å². The van der Waals surface area contributed by atoms with E-state index >= 15 is 0 Å². The van der Waals surface area contributed by atoms with Crippen molar-refractivity contribution in [3.63, 3.8) is 0 Å². The normalized spacial score (nSPS) is 25.6. The fourth-order valence-corrected chi connectivity index (χ4v) is 2.35. The molecule has 8 heteroatoms. The van der Waals surface area contributed by atoms with Gasteiger partial charge in [-0.3, -0.25) is 9.78 Å². The zero-order valence-electron chi connectivity index (χ0n) is 10.5. The molecule has 1 aliphatic carbocycles. The molecule has 0 aliphatic heterocycles. The molecule has 1 aliphatic rings. The third-order valence-electron chi connectivity index (χ3n) is 3.40. The number of nitrogen functional groups attached to an aromatic ring is 1. The number of aliphatic hydroxyl groups is 2. The number of aromatic amines is 2. The van der Waals surface area contributed by atoms with Crippen LogP contribution < -0.4 is 16.6 Å². The van der Waals surface area contributed by atoms with Crippen LogP contribution in [0, 0.1) is 0 Å². The van der Waals surface area contributed by atoms with Gasteiger partial charge < -0.3 is 26.2 Å². The lowest BCUT2D eigenvalue weighted by Crippen LogP contribution is -2.40. The quantitative estimate of drug-likeness (QED) is 0.381. The number of nitrogens with one attached hydrogen (secondary N) is 3. The zero-order chi connectivity index (χ0) is 14.3.